The lowest BCUT2D eigenvalue weighted by Crippen LogP contribution is -2.35. The van der Waals surface area contributed by atoms with Crippen LogP contribution in [0, 0.1) is 0 Å². The van der Waals surface area contributed by atoms with E-state index in [0.29, 0.717) is 17.7 Å². The van der Waals surface area contributed by atoms with E-state index in [4.69, 9.17) is 9.47 Å². The maximum atomic E-state index is 12.3. The Hall–Kier alpha value is -1.98. The van der Waals surface area contributed by atoms with Crippen molar-refractivity contribution in [2.75, 3.05) is 0 Å². The number of aromatic amines is 1. The molecule has 1 aromatic heterocycles. The largest absolute Gasteiger partial charge is 0.456 e. The van der Waals surface area contributed by atoms with Gasteiger partial charge >= 0.3 is 12.1 Å². The van der Waals surface area contributed by atoms with Gasteiger partial charge in [-0.15, -0.1) is 0 Å². The van der Waals surface area contributed by atoms with Crippen molar-refractivity contribution in [3.63, 3.8) is 0 Å². The van der Waals surface area contributed by atoms with Gasteiger partial charge in [-0.2, -0.15) is 0 Å². The van der Waals surface area contributed by atoms with Crippen molar-refractivity contribution >= 4 is 12.1 Å². The summed E-state index contributed by atoms with van der Waals surface area (Å²) >= 11 is 0. The van der Waals surface area contributed by atoms with Crippen molar-refractivity contribution in [3.8, 4) is 0 Å². The number of nitrogens with one attached hydrogen (secondary N) is 2. The number of hydrogen-bond donors (Lipinski definition) is 2. The summed E-state index contributed by atoms with van der Waals surface area (Å²) < 4.78 is 10.7. The number of carbonyl (C=O) groups is 2. The quantitative estimate of drug-likeness (QED) is 0.822. The van der Waals surface area contributed by atoms with Crippen LogP contribution >= 0.6 is 0 Å². The van der Waals surface area contributed by atoms with Crippen LogP contribution in [0.5, 0.6) is 0 Å². The molecule has 0 spiro atoms. The lowest BCUT2D eigenvalue weighted by molar-refractivity contribution is 0.00663. The SMILES string of the molecule is CC[C@@H](NC(=O)OC(C)(C)C)c1[nH]ccc1C(=O)OC(C)(C)C. The van der Waals surface area contributed by atoms with Crippen molar-refractivity contribution in [2.24, 2.45) is 0 Å². The Morgan fingerprint density at radius 2 is 1.70 bits per heavy atom. The zero-order chi connectivity index (χ0) is 17.8. The van der Waals surface area contributed by atoms with Crippen LogP contribution in [0.15, 0.2) is 12.3 Å². The fourth-order valence-electron chi connectivity index (χ4n) is 2.01. The maximum Gasteiger partial charge on any atom is 0.408 e. The third kappa shape index (κ3) is 6.34. The second kappa shape index (κ2) is 7.06. The Morgan fingerprint density at radius 1 is 1.13 bits per heavy atom. The van der Waals surface area contributed by atoms with Crippen molar-refractivity contribution in [1.29, 1.82) is 0 Å². The van der Waals surface area contributed by atoms with Gasteiger partial charge in [0.25, 0.3) is 0 Å². The summed E-state index contributed by atoms with van der Waals surface area (Å²) in [6.45, 7) is 12.8. The summed E-state index contributed by atoms with van der Waals surface area (Å²) in [7, 11) is 0. The molecule has 1 heterocycles. The third-order valence-corrected chi connectivity index (χ3v) is 2.85. The van der Waals surface area contributed by atoms with Crippen LogP contribution in [0.3, 0.4) is 0 Å². The van der Waals surface area contributed by atoms with Gasteiger partial charge in [-0.3, -0.25) is 0 Å². The van der Waals surface area contributed by atoms with Crippen LogP contribution in [-0.2, 0) is 9.47 Å². The number of esters is 1. The van der Waals surface area contributed by atoms with Gasteiger partial charge in [0.15, 0.2) is 0 Å². The highest BCUT2D eigenvalue weighted by Crippen LogP contribution is 2.23. The Bertz CT molecular complexity index is 550. The molecule has 0 unspecified atom stereocenters. The number of alkyl carbamates (subject to hydrolysis) is 1. The van der Waals surface area contributed by atoms with E-state index in [1.54, 1.807) is 33.0 Å². The highest BCUT2D eigenvalue weighted by Gasteiger charge is 2.26. The van der Waals surface area contributed by atoms with Crippen LogP contribution in [0.2, 0.25) is 0 Å². The van der Waals surface area contributed by atoms with Crippen molar-refractivity contribution in [1.82, 2.24) is 10.3 Å². The lowest BCUT2D eigenvalue weighted by atomic mass is 10.1. The first-order chi connectivity index (χ1) is 10.4. The molecule has 0 saturated heterocycles. The van der Waals surface area contributed by atoms with E-state index in [0.717, 1.165) is 0 Å². The average Bonchev–Trinajstić information content (AvgIpc) is 2.80. The van der Waals surface area contributed by atoms with E-state index in [1.165, 1.54) is 0 Å². The van der Waals surface area contributed by atoms with E-state index < -0.39 is 23.3 Å². The number of amides is 1. The highest BCUT2D eigenvalue weighted by molar-refractivity contribution is 5.91. The topological polar surface area (TPSA) is 80.4 Å². The fraction of sp³-hybridized carbons (Fsp3) is 0.647. The van der Waals surface area contributed by atoms with E-state index in [9.17, 15) is 9.59 Å². The van der Waals surface area contributed by atoms with Gasteiger partial charge in [-0.05, 0) is 54.0 Å². The molecule has 0 aromatic carbocycles. The molecule has 0 bridgehead atoms. The molecule has 1 rings (SSSR count). The monoisotopic (exact) mass is 324 g/mol. The van der Waals surface area contributed by atoms with Gasteiger partial charge in [0.2, 0.25) is 0 Å². The van der Waals surface area contributed by atoms with Gasteiger partial charge in [-0.25, -0.2) is 9.59 Å². The van der Waals surface area contributed by atoms with Crippen molar-refractivity contribution in [2.45, 2.75) is 72.1 Å². The number of H-pyrrole nitrogens is 1. The lowest BCUT2D eigenvalue weighted by Gasteiger charge is -2.24. The third-order valence-electron chi connectivity index (χ3n) is 2.85. The molecule has 2 N–H and O–H groups in total. The second-order valence-corrected chi connectivity index (χ2v) is 7.41. The van der Waals surface area contributed by atoms with Crippen LogP contribution in [0.1, 0.15) is 77.0 Å². The standard InChI is InChI=1S/C17H28N2O4/c1-8-12(19-15(21)23-17(5,6)7)13-11(9-10-18-13)14(20)22-16(2,3)4/h9-10,12,18H,8H2,1-7H3,(H,19,21)/t12-/m1/s1. The number of rotatable bonds is 4. The minimum atomic E-state index is -0.577. The van der Waals surface area contributed by atoms with Gasteiger partial charge < -0.3 is 19.8 Å². The summed E-state index contributed by atoms with van der Waals surface area (Å²) in [6, 6.07) is 1.30. The van der Waals surface area contributed by atoms with Crippen LogP contribution in [0.4, 0.5) is 4.79 Å². The van der Waals surface area contributed by atoms with E-state index >= 15 is 0 Å². The molecule has 0 aliphatic heterocycles. The molecule has 0 aliphatic rings. The summed E-state index contributed by atoms with van der Waals surface area (Å²) in [5, 5.41) is 2.78. The molecular formula is C17H28N2O4. The maximum absolute atomic E-state index is 12.3. The summed E-state index contributed by atoms with van der Waals surface area (Å²) in [5.74, 6) is -0.418. The highest BCUT2D eigenvalue weighted by atomic mass is 16.6. The van der Waals surface area contributed by atoms with Crippen LogP contribution in [0.25, 0.3) is 0 Å². The normalized spacial score (nSPS) is 13.3. The Balaban J connectivity index is 2.90. The first kappa shape index (κ1) is 19.1. The molecule has 1 amide bonds. The molecule has 23 heavy (non-hydrogen) atoms. The van der Waals surface area contributed by atoms with E-state index in [-0.39, 0.29) is 6.04 Å². The summed E-state index contributed by atoms with van der Waals surface area (Å²) in [5.41, 5.74) is -0.117. The average molecular weight is 324 g/mol. The smallest absolute Gasteiger partial charge is 0.408 e. The molecule has 6 nitrogen and oxygen atoms in total. The zero-order valence-electron chi connectivity index (χ0n) is 15.1. The van der Waals surface area contributed by atoms with Gasteiger partial charge in [0.1, 0.15) is 11.2 Å². The Morgan fingerprint density at radius 3 is 2.17 bits per heavy atom. The molecule has 0 saturated carbocycles. The van der Waals surface area contributed by atoms with Gasteiger partial charge in [0.05, 0.1) is 17.3 Å². The number of ether oxygens (including phenoxy) is 2. The number of carbonyl (C=O) groups excluding carboxylic acids is 2. The van der Waals surface area contributed by atoms with Crippen LogP contribution in [-0.4, -0.2) is 28.2 Å². The first-order valence-electron chi connectivity index (χ1n) is 7.83. The molecule has 1 aromatic rings. The van der Waals surface area contributed by atoms with Gasteiger partial charge in [-0.1, -0.05) is 6.92 Å². The van der Waals surface area contributed by atoms with Gasteiger partial charge in [0, 0.05) is 6.20 Å². The zero-order valence-corrected chi connectivity index (χ0v) is 15.1. The minimum absolute atomic E-state index is 0.359. The molecule has 0 fully saturated rings. The molecule has 0 radical (unpaired) electrons. The molecule has 6 heteroatoms. The molecule has 0 aliphatic carbocycles. The second-order valence-electron chi connectivity index (χ2n) is 7.41. The molecule has 1 atom stereocenters. The predicted octanol–water partition coefficient (Wildman–Crippen LogP) is 3.95. The van der Waals surface area contributed by atoms with Crippen LogP contribution < -0.4 is 5.32 Å². The Kier molecular flexibility index (Phi) is 5.86. The van der Waals surface area contributed by atoms with E-state index in [1.807, 2.05) is 27.7 Å². The molecular weight excluding hydrogens is 296 g/mol. The summed E-state index contributed by atoms with van der Waals surface area (Å²) in [4.78, 5) is 27.3. The van der Waals surface area contributed by atoms with E-state index in [2.05, 4.69) is 10.3 Å². The minimum Gasteiger partial charge on any atom is -0.456 e. The van der Waals surface area contributed by atoms with Crippen molar-refractivity contribution in [3.05, 3.63) is 23.5 Å². The number of hydrogen-bond acceptors (Lipinski definition) is 4. The Labute approximate surface area is 137 Å². The predicted molar refractivity (Wildman–Crippen MR) is 88.4 cm³/mol. The summed E-state index contributed by atoms with van der Waals surface area (Å²) in [6.07, 6.45) is 1.75. The first-order valence-corrected chi connectivity index (χ1v) is 7.83. The van der Waals surface area contributed by atoms with Crippen molar-refractivity contribution < 1.29 is 19.1 Å². The number of aromatic nitrogens is 1. The fourth-order valence-corrected chi connectivity index (χ4v) is 2.01. The molecule has 130 valence electrons.